The fourth-order valence-corrected chi connectivity index (χ4v) is 21.0. The number of hydrogen-bond donors (Lipinski definition) is 7. The highest BCUT2D eigenvalue weighted by Gasteiger charge is 2.71. The molecule has 15 atom stereocenters. The number of ketones is 1. The minimum atomic E-state index is -1.78. The first-order chi connectivity index (χ1) is 33.1. The van der Waals surface area contributed by atoms with E-state index in [0.29, 0.717) is 48.2 Å². The van der Waals surface area contributed by atoms with E-state index in [1.165, 1.54) is 115 Å². The Kier molecular flexibility index (Phi) is 12.7. The summed E-state index contributed by atoms with van der Waals surface area (Å²) in [7, 11) is 3.17. The maximum Gasteiger partial charge on any atom is 0.335 e. The van der Waals surface area contributed by atoms with Crippen LogP contribution in [0.5, 0.6) is 17.2 Å². The minimum absolute atomic E-state index is 0.0558. The first-order valence-electron chi connectivity index (χ1n) is 26.2. The second-order valence-electron chi connectivity index (χ2n) is 24.0. The molecule has 0 radical (unpaired) electrons. The van der Waals surface area contributed by atoms with Gasteiger partial charge in [-0.2, -0.15) is 0 Å². The number of hydrogen-bond acceptors (Lipinski definition) is 14. The predicted molar refractivity (Wildman–Crippen MR) is 261 cm³/mol. The van der Waals surface area contributed by atoms with Crippen LogP contribution in [0.3, 0.4) is 0 Å². The van der Waals surface area contributed by atoms with Crippen LogP contribution in [0.15, 0.2) is 12.1 Å². The van der Waals surface area contributed by atoms with Crippen molar-refractivity contribution in [1.82, 2.24) is 0 Å². The SMILES string of the molecule is CC(=O)c1c(C)c(O)c2cc(C(=O)O)cc(OC3OC(CO)C4(CCC5CC6(CCC7(CCC8CCCC9CCCC9%10CCC87C%10)C6)CC6COCC(CCO)(CSSCO4)C56)C(O)C3O)c2c1O. The number of carbonyl (C=O) groups excluding carboxylic acids is 1. The first-order valence-corrected chi connectivity index (χ1v) is 28.7. The summed E-state index contributed by atoms with van der Waals surface area (Å²) in [6, 6.07) is 2.27. The molecule has 3 heterocycles. The number of phenolic OH excluding ortho intramolecular Hbond substituents is 2. The van der Waals surface area contributed by atoms with Crippen LogP contribution in [0.4, 0.5) is 0 Å². The number of aliphatic hydroxyl groups excluding tert-OH is 4. The van der Waals surface area contributed by atoms with Crippen molar-refractivity contribution in [2.75, 3.05) is 38.1 Å². The Morgan fingerprint density at radius 3 is 2.45 bits per heavy atom. The molecule has 69 heavy (non-hydrogen) atoms. The second kappa shape index (κ2) is 18.0. The smallest absolute Gasteiger partial charge is 0.335 e. The number of carboxylic acids is 1. The summed E-state index contributed by atoms with van der Waals surface area (Å²) in [5.41, 5.74) is -0.749. The standard InChI is InChI=1S/C54H74O13S2/c1-30-40(31(2)57)44(59)41-37(43(30)58)19-33(47(62)63)20-38(41)66-48-45(60)46(61)54(39(23-56)67-48)12-8-32-21-49(22-34-24-64-27-51(17-18-55,42(32)34)28-68-69-29-65-54)13-15-52(25-49)11-9-36-6-3-5-35-7-4-10-50(35)14-16-53(36,52)26-50/h19-20,32,34-36,39,42,45-46,48,55-56,58-61H,3-18,21-29H2,1-2H3,(H,62,63). The van der Waals surface area contributed by atoms with Crippen LogP contribution in [-0.4, -0.2) is 116 Å². The number of aromatic hydroxyl groups is 2. The molecule has 0 aromatic heterocycles. The van der Waals surface area contributed by atoms with E-state index in [-0.39, 0.29) is 74.8 Å². The summed E-state index contributed by atoms with van der Waals surface area (Å²) < 4.78 is 26.1. The fourth-order valence-electron chi connectivity index (χ4n) is 18.6. The molecule has 2 aromatic rings. The number of aliphatic hydroxyl groups is 4. The molecule has 9 aliphatic rings. The maximum atomic E-state index is 12.7. The van der Waals surface area contributed by atoms with Crippen LogP contribution in [0.25, 0.3) is 10.8 Å². The molecule has 6 saturated carbocycles. The molecule has 3 aliphatic heterocycles. The van der Waals surface area contributed by atoms with E-state index in [1.54, 1.807) is 10.8 Å². The van der Waals surface area contributed by atoms with E-state index < -0.39 is 60.1 Å². The number of benzene rings is 2. The average molecular weight is 995 g/mol. The van der Waals surface area contributed by atoms with Crippen LogP contribution in [0.2, 0.25) is 0 Å². The molecule has 7 N–H and O–H groups in total. The van der Waals surface area contributed by atoms with E-state index in [9.17, 15) is 45.3 Å². The molecule has 3 saturated heterocycles. The number of ether oxygens (including phenoxy) is 4. The summed E-state index contributed by atoms with van der Waals surface area (Å²) in [5, 5.41) is 79.1. The lowest BCUT2D eigenvalue weighted by Crippen LogP contribution is -2.69. The predicted octanol–water partition coefficient (Wildman–Crippen LogP) is 8.91. The molecule has 5 spiro atoms. The van der Waals surface area contributed by atoms with Crippen molar-refractivity contribution in [2.45, 2.75) is 166 Å². The van der Waals surface area contributed by atoms with Crippen molar-refractivity contribution in [3.05, 3.63) is 28.8 Å². The van der Waals surface area contributed by atoms with E-state index in [4.69, 9.17) is 18.9 Å². The average Bonchev–Trinajstić information content (AvgIpc) is 4.08. The second-order valence-corrected chi connectivity index (χ2v) is 26.4. The van der Waals surface area contributed by atoms with Crippen molar-refractivity contribution in [3.63, 3.8) is 0 Å². The number of Topliss-reactive ketones (excluding diaryl/α,β-unsaturated/α-hetero) is 1. The van der Waals surface area contributed by atoms with E-state index >= 15 is 0 Å². The van der Waals surface area contributed by atoms with E-state index in [0.717, 1.165) is 42.6 Å². The molecular weight excluding hydrogens is 921 g/mol. The minimum Gasteiger partial charge on any atom is -0.507 e. The quantitative estimate of drug-likeness (QED) is 0.0784. The molecule has 15 unspecified atom stereocenters. The van der Waals surface area contributed by atoms with Gasteiger partial charge in [0.2, 0.25) is 6.29 Å². The van der Waals surface area contributed by atoms with Gasteiger partial charge in [-0.05, 0) is 186 Å². The molecule has 2 aromatic carbocycles. The zero-order chi connectivity index (χ0) is 48.3. The van der Waals surface area contributed by atoms with Gasteiger partial charge in [-0.25, -0.2) is 4.79 Å². The number of carbonyl (C=O) groups is 2. The summed E-state index contributed by atoms with van der Waals surface area (Å²) in [6.07, 6.45) is 16.7. The highest BCUT2D eigenvalue weighted by atomic mass is 33.1. The Morgan fingerprint density at radius 1 is 0.870 bits per heavy atom. The normalized spacial score (nSPS) is 44.1. The van der Waals surface area contributed by atoms with Crippen LogP contribution < -0.4 is 4.74 Å². The molecule has 0 amide bonds. The molecule has 11 rings (SSSR count). The highest BCUT2D eigenvalue weighted by Crippen LogP contribution is 2.80. The van der Waals surface area contributed by atoms with Gasteiger partial charge in [0.05, 0.1) is 29.7 Å². The molecule has 15 heteroatoms. The van der Waals surface area contributed by atoms with Gasteiger partial charge in [-0.3, -0.25) is 4.79 Å². The van der Waals surface area contributed by atoms with Gasteiger partial charge in [0.1, 0.15) is 47.1 Å². The van der Waals surface area contributed by atoms with Gasteiger partial charge in [0, 0.05) is 35.3 Å². The van der Waals surface area contributed by atoms with Crippen molar-refractivity contribution < 1.29 is 64.3 Å². The van der Waals surface area contributed by atoms with Gasteiger partial charge in [0.15, 0.2) is 5.78 Å². The molecule has 13 nitrogen and oxygen atoms in total. The van der Waals surface area contributed by atoms with Gasteiger partial charge in [-0.15, -0.1) is 0 Å². The first kappa shape index (κ1) is 48.9. The van der Waals surface area contributed by atoms with Crippen LogP contribution >= 0.6 is 21.6 Å². The molecule has 380 valence electrons. The van der Waals surface area contributed by atoms with Crippen LogP contribution in [0.1, 0.15) is 155 Å². The summed E-state index contributed by atoms with van der Waals surface area (Å²) in [5.74, 6) is 0.209. The molecule has 9 fully saturated rings. The Hall–Kier alpha value is -2.34. The summed E-state index contributed by atoms with van der Waals surface area (Å²) in [6.45, 7) is 3.41. The van der Waals surface area contributed by atoms with Gasteiger partial charge < -0.3 is 54.7 Å². The van der Waals surface area contributed by atoms with Crippen molar-refractivity contribution >= 4 is 44.1 Å². The molecule has 2 bridgehead atoms. The highest BCUT2D eigenvalue weighted by molar-refractivity contribution is 8.76. The molecule has 6 aliphatic carbocycles. The Bertz CT molecular complexity index is 2340. The lowest BCUT2D eigenvalue weighted by atomic mass is 9.49. The van der Waals surface area contributed by atoms with Gasteiger partial charge in [0.25, 0.3) is 0 Å². The maximum absolute atomic E-state index is 12.7. The lowest BCUT2D eigenvalue weighted by Gasteiger charge is -2.58. The number of phenols is 2. The summed E-state index contributed by atoms with van der Waals surface area (Å²) >= 11 is 0. The van der Waals surface area contributed by atoms with E-state index in [1.807, 2.05) is 0 Å². The van der Waals surface area contributed by atoms with E-state index in [2.05, 4.69) is 0 Å². The lowest BCUT2D eigenvalue weighted by molar-refractivity contribution is -0.323. The van der Waals surface area contributed by atoms with Crippen molar-refractivity contribution in [2.24, 2.45) is 56.7 Å². The third-order valence-corrected chi connectivity index (χ3v) is 23.5. The fraction of sp³-hybridized carbons (Fsp3) is 0.778. The third kappa shape index (κ3) is 7.48. The zero-order valence-corrected chi connectivity index (χ0v) is 42.1. The Labute approximate surface area is 413 Å². The number of carboxylic acid groups (broad SMARTS) is 1. The summed E-state index contributed by atoms with van der Waals surface area (Å²) in [4.78, 5) is 25.1. The number of rotatable bonds is 7. The van der Waals surface area contributed by atoms with Gasteiger partial charge >= 0.3 is 5.97 Å². The number of fused-ring (bicyclic) bond motifs is 1. The van der Waals surface area contributed by atoms with Crippen LogP contribution in [0, 0.1) is 63.6 Å². The van der Waals surface area contributed by atoms with Crippen LogP contribution in [-0.2, 0) is 14.2 Å². The number of aromatic carboxylic acids is 1. The molecular formula is C54H74O13S2. The third-order valence-electron chi connectivity index (χ3n) is 21.3. The van der Waals surface area contributed by atoms with Crippen molar-refractivity contribution in [1.29, 1.82) is 0 Å². The Morgan fingerprint density at radius 2 is 1.67 bits per heavy atom. The Balaban J connectivity index is 0.918. The van der Waals surface area contributed by atoms with Gasteiger partial charge in [-0.1, -0.05) is 34.4 Å². The largest absolute Gasteiger partial charge is 0.507 e. The van der Waals surface area contributed by atoms with Crippen molar-refractivity contribution in [3.8, 4) is 17.2 Å². The zero-order valence-electron chi connectivity index (χ0n) is 40.4. The monoisotopic (exact) mass is 994 g/mol. The topological polar surface area (TPSA) is 213 Å².